The van der Waals surface area contributed by atoms with Crippen LogP contribution in [-0.4, -0.2) is 40.0 Å². The summed E-state index contributed by atoms with van der Waals surface area (Å²) < 4.78 is 10.1. The van der Waals surface area contributed by atoms with Crippen molar-refractivity contribution in [2.75, 3.05) is 12.4 Å². The molecule has 0 bridgehead atoms. The van der Waals surface area contributed by atoms with Crippen LogP contribution in [0.4, 0.5) is 10.6 Å². The monoisotopic (exact) mass is 422 g/mol. The Morgan fingerprint density at radius 2 is 1.71 bits per heavy atom. The van der Waals surface area contributed by atoms with Crippen LogP contribution in [0.3, 0.4) is 0 Å². The molecule has 31 heavy (non-hydrogen) atoms. The first-order valence-electron chi connectivity index (χ1n) is 9.01. The highest BCUT2D eigenvalue weighted by atomic mass is 16.5. The Balaban J connectivity index is 1.74. The van der Waals surface area contributed by atoms with Crippen molar-refractivity contribution in [2.45, 2.75) is 6.61 Å². The van der Waals surface area contributed by atoms with Gasteiger partial charge in [-0.3, -0.25) is 4.79 Å². The normalized spacial score (nSPS) is 10.9. The summed E-state index contributed by atoms with van der Waals surface area (Å²) in [4.78, 5) is 43.6. The molecule has 158 valence electrons. The van der Waals surface area contributed by atoms with Crippen LogP contribution < -0.4 is 10.8 Å². The van der Waals surface area contributed by atoms with Gasteiger partial charge in [0, 0.05) is 0 Å². The standard InChI is InChI=1S/C21H18N4O6/c1-30-20(27)16-10-5-9-15(22-16)19(26)23-17-11-6-12-18(25(17)29)24-21(28)31-13-14-7-3-2-4-8-14/h2-12,29H,13H2,1H3,(H,23,26)/b24-18+. The lowest BCUT2D eigenvalue weighted by molar-refractivity contribution is 0.0594. The maximum atomic E-state index is 12.4. The van der Waals surface area contributed by atoms with Crippen LogP contribution in [0.5, 0.6) is 0 Å². The van der Waals surface area contributed by atoms with E-state index in [1.54, 1.807) is 12.1 Å². The Labute approximate surface area is 176 Å². The van der Waals surface area contributed by atoms with Crippen molar-refractivity contribution in [3.05, 3.63) is 89.2 Å². The summed E-state index contributed by atoms with van der Waals surface area (Å²) in [5.41, 5.74) is 0.502. The zero-order chi connectivity index (χ0) is 22.2. The molecule has 1 aromatic carbocycles. The number of carbonyl (C=O) groups excluding carboxylic acids is 3. The first-order chi connectivity index (χ1) is 15.0. The summed E-state index contributed by atoms with van der Waals surface area (Å²) in [7, 11) is 1.20. The van der Waals surface area contributed by atoms with Gasteiger partial charge in [0.2, 0.25) is 0 Å². The predicted molar refractivity (Wildman–Crippen MR) is 107 cm³/mol. The minimum atomic E-state index is -0.914. The molecule has 0 aliphatic heterocycles. The Morgan fingerprint density at radius 1 is 1.00 bits per heavy atom. The van der Waals surface area contributed by atoms with Crippen molar-refractivity contribution in [3.8, 4) is 0 Å². The molecule has 0 unspecified atom stereocenters. The molecule has 0 radical (unpaired) electrons. The van der Waals surface area contributed by atoms with E-state index in [2.05, 4.69) is 20.0 Å². The van der Waals surface area contributed by atoms with E-state index in [9.17, 15) is 19.6 Å². The Kier molecular flexibility index (Phi) is 6.74. The number of anilines is 1. The molecule has 0 aliphatic carbocycles. The number of pyridine rings is 2. The van der Waals surface area contributed by atoms with Crippen LogP contribution in [0.25, 0.3) is 0 Å². The summed E-state index contributed by atoms with van der Waals surface area (Å²) in [6.45, 7) is 0.0211. The number of benzene rings is 1. The fourth-order valence-electron chi connectivity index (χ4n) is 2.47. The molecule has 3 aromatic rings. The number of esters is 1. The van der Waals surface area contributed by atoms with Crippen LogP contribution in [0.2, 0.25) is 0 Å². The fraction of sp³-hybridized carbons (Fsp3) is 0.0952. The number of nitrogens with zero attached hydrogens (tertiary/aromatic N) is 3. The lowest BCUT2D eigenvalue weighted by atomic mass is 10.2. The first-order valence-corrected chi connectivity index (χ1v) is 9.01. The topological polar surface area (TPSA) is 132 Å². The average molecular weight is 422 g/mol. The number of methoxy groups -OCH3 is 1. The van der Waals surface area contributed by atoms with Gasteiger partial charge < -0.3 is 20.0 Å². The second-order valence-corrected chi connectivity index (χ2v) is 6.09. The zero-order valence-electron chi connectivity index (χ0n) is 16.4. The summed E-state index contributed by atoms with van der Waals surface area (Å²) >= 11 is 0. The summed E-state index contributed by atoms with van der Waals surface area (Å²) in [5, 5.41) is 12.7. The number of nitrogens with one attached hydrogen (secondary N) is 1. The molecule has 0 aliphatic rings. The molecule has 0 fully saturated rings. The van der Waals surface area contributed by atoms with Gasteiger partial charge in [-0.25, -0.2) is 14.6 Å². The fourth-order valence-corrected chi connectivity index (χ4v) is 2.47. The number of hydrogen-bond donors (Lipinski definition) is 2. The van der Waals surface area contributed by atoms with E-state index >= 15 is 0 Å². The number of hydrogen-bond acceptors (Lipinski definition) is 7. The second-order valence-electron chi connectivity index (χ2n) is 6.09. The minimum Gasteiger partial charge on any atom is -0.464 e. The van der Waals surface area contributed by atoms with E-state index in [0.29, 0.717) is 4.73 Å². The molecule has 0 atom stereocenters. The molecule has 0 spiro atoms. The summed E-state index contributed by atoms with van der Waals surface area (Å²) in [6, 6.07) is 17.5. The van der Waals surface area contributed by atoms with Crippen LogP contribution in [0.15, 0.2) is 71.7 Å². The van der Waals surface area contributed by atoms with Crippen molar-refractivity contribution in [3.63, 3.8) is 0 Å². The van der Waals surface area contributed by atoms with Crippen molar-refractivity contribution in [1.82, 2.24) is 9.71 Å². The summed E-state index contributed by atoms with van der Waals surface area (Å²) in [5.74, 6) is -1.47. The zero-order valence-corrected chi connectivity index (χ0v) is 16.4. The second kappa shape index (κ2) is 9.83. The van der Waals surface area contributed by atoms with E-state index in [1.165, 1.54) is 43.5 Å². The van der Waals surface area contributed by atoms with Gasteiger partial charge in [-0.1, -0.05) is 42.5 Å². The Morgan fingerprint density at radius 3 is 2.45 bits per heavy atom. The van der Waals surface area contributed by atoms with Gasteiger partial charge in [0.15, 0.2) is 11.3 Å². The van der Waals surface area contributed by atoms with Crippen LogP contribution in [0, 0.1) is 0 Å². The molecule has 0 saturated heterocycles. The summed E-state index contributed by atoms with van der Waals surface area (Å²) in [6.07, 6.45) is -0.914. The number of ether oxygens (including phenoxy) is 2. The van der Waals surface area contributed by atoms with E-state index in [0.717, 1.165) is 5.56 Å². The van der Waals surface area contributed by atoms with Gasteiger partial charge >= 0.3 is 12.1 Å². The third-order valence-electron chi connectivity index (χ3n) is 3.97. The number of rotatable bonds is 5. The quantitative estimate of drug-likeness (QED) is 0.477. The number of carbonyl (C=O) groups is 3. The van der Waals surface area contributed by atoms with Crippen LogP contribution in [0.1, 0.15) is 26.5 Å². The van der Waals surface area contributed by atoms with Gasteiger partial charge in [0.05, 0.1) is 7.11 Å². The molecule has 2 N–H and O–H groups in total. The van der Waals surface area contributed by atoms with Crippen LogP contribution in [-0.2, 0) is 16.1 Å². The van der Waals surface area contributed by atoms with Crippen molar-refractivity contribution >= 4 is 23.8 Å². The minimum absolute atomic E-state index is 0.0211. The van der Waals surface area contributed by atoms with Crippen LogP contribution >= 0.6 is 0 Å². The molecule has 2 heterocycles. The molecule has 2 amide bonds. The van der Waals surface area contributed by atoms with E-state index < -0.39 is 18.0 Å². The SMILES string of the molecule is COC(=O)c1cccc(C(=O)Nc2ccc/c(=N\C(=O)OCc3ccccc3)n2O)n1. The smallest absolute Gasteiger partial charge is 0.436 e. The highest BCUT2D eigenvalue weighted by Crippen LogP contribution is 2.07. The first kappa shape index (κ1) is 21.2. The Hall–Kier alpha value is -4.47. The van der Waals surface area contributed by atoms with Gasteiger partial charge in [-0.15, -0.1) is 0 Å². The maximum Gasteiger partial charge on any atom is 0.436 e. The van der Waals surface area contributed by atoms with Crippen molar-refractivity contribution in [1.29, 1.82) is 0 Å². The third-order valence-corrected chi connectivity index (χ3v) is 3.97. The van der Waals surface area contributed by atoms with E-state index in [-0.39, 0.29) is 29.3 Å². The molecule has 3 rings (SSSR count). The van der Waals surface area contributed by atoms with Crippen molar-refractivity contribution in [2.24, 2.45) is 4.99 Å². The molecule has 10 nitrogen and oxygen atoms in total. The predicted octanol–water partition coefficient (Wildman–Crippen LogP) is 2.40. The van der Waals surface area contributed by atoms with Crippen molar-refractivity contribution < 1.29 is 29.1 Å². The van der Waals surface area contributed by atoms with E-state index in [1.807, 2.05) is 18.2 Å². The number of aromatic nitrogens is 2. The third kappa shape index (κ3) is 5.54. The average Bonchev–Trinajstić information content (AvgIpc) is 2.80. The highest BCUT2D eigenvalue weighted by molar-refractivity contribution is 6.03. The lowest BCUT2D eigenvalue weighted by Gasteiger charge is -2.09. The highest BCUT2D eigenvalue weighted by Gasteiger charge is 2.14. The number of amides is 2. The Bertz CT molecular complexity index is 1170. The molecular weight excluding hydrogens is 404 g/mol. The lowest BCUT2D eigenvalue weighted by Crippen LogP contribution is -2.26. The van der Waals surface area contributed by atoms with E-state index in [4.69, 9.17) is 4.74 Å². The van der Waals surface area contributed by atoms with Gasteiger partial charge in [0.25, 0.3) is 5.91 Å². The molecule has 0 saturated carbocycles. The van der Waals surface area contributed by atoms with Gasteiger partial charge in [-0.2, -0.15) is 9.72 Å². The van der Waals surface area contributed by atoms with Gasteiger partial charge in [0.1, 0.15) is 18.0 Å². The molecular formula is C21H18N4O6. The maximum absolute atomic E-state index is 12.4. The van der Waals surface area contributed by atoms with Gasteiger partial charge in [-0.05, 0) is 29.8 Å². The largest absolute Gasteiger partial charge is 0.464 e. The molecule has 10 heteroatoms. The molecule has 2 aromatic heterocycles.